The zero-order chi connectivity index (χ0) is 15.4. The molecule has 114 valence electrons. The van der Waals surface area contributed by atoms with E-state index in [0.717, 1.165) is 12.8 Å². The van der Waals surface area contributed by atoms with Crippen molar-refractivity contribution in [3.05, 3.63) is 18.2 Å². The third-order valence-corrected chi connectivity index (χ3v) is 3.87. The molecule has 1 aromatic carbocycles. The molecule has 0 saturated heterocycles. The van der Waals surface area contributed by atoms with Gasteiger partial charge in [0.15, 0.2) is 11.5 Å². The first-order valence-corrected chi connectivity index (χ1v) is 6.93. The lowest BCUT2D eigenvalue weighted by molar-refractivity contribution is -0.147. The van der Waals surface area contributed by atoms with E-state index in [1.165, 1.54) is 13.2 Å². The quantitative estimate of drug-likeness (QED) is 0.791. The fourth-order valence-electron chi connectivity index (χ4n) is 2.74. The first-order chi connectivity index (χ1) is 10.0. The van der Waals surface area contributed by atoms with Crippen molar-refractivity contribution in [1.29, 1.82) is 0 Å². The summed E-state index contributed by atoms with van der Waals surface area (Å²) >= 11 is 0. The number of phenolic OH excluding ortho intramolecular Hbond substituents is 1. The van der Waals surface area contributed by atoms with Crippen molar-refractivity contribution in [2.24, 2.45) is 11.8 Å². The molecule has 3 N–H and O–H groups in total. The van der Waals surface area contributed by atoms with Crippen LogP contribution in [0.5, 0.6) is 11.5 Å². The number of ether oxygens (including phenoxy) is 1. The van der Waals surface area contributed by atoms with Gasteiger partial charge >= 0.3 is 5.97 Å². The molecule has 21 heavy (non-hydrogen) atoms. The zero-order valence-electron chi connectivity index (χ0n) is 11.8. The van der Waals surface area contributed by atoms with Crippen LogP contribution in [-0.4, -0.2) is 29.2 Å². The number of carbonyl (C=O) groups excluding carboxylic acids is 1. The molecule has 6 heteroatoms. The Hall–Kier alpha value is -2.24. The number of aliphatic carboxylic acids is 1. The lowest BCUT2D eigenvalue weighted by Crippen LogP contribution is -2.36. The normalized spacial score (nSPS) is 21.6. The maximum absolute atomic E-state index is 12.3. The highest BCUT2D eigenvalue weighted by atomic mass is 16.5. The number of carboxylic acids is 1. The Bertz CT molecular complexity index is 543. The second kappa shape index (κ2) is 6.47. The van der Waals surface area contributed by atoms with E-state index in [1.807, 2.05) is 0 Å². The van der Waals surface area contributed by atoms with Gasteiger partial charge in [-0.1, -0.05) is 12.8 Å². The van der Waals surface area contributed by atoms with Crippen molar-refractivity contribution < 1.29 is 24.5 Å². The van der Waals surface area contributed by atoms with Crippen LogP contribution in [0.25, 0.3) is 0 Å². The minimum absolute atomic E-state index is 0.0753. The summed E-state index contributed by atoms with van der Waals surface area (Å²) in [5.41, 5.74) is 0.424. The maximum atomic E-state index is 12.3. The number of methoxy groups -OCH3 is 1. The first-order valence-electron chi connectivity index (χ1n) is 6.93. The van der Waals surface area contributed by atoms with E-state index in [4.69, 9.17) is 4.74 Å². The van der Waals surface area contributed by atoms with Gasteiger partial charge in [-0.05, 0) is 25.0 Å². The minimum Gasteiger partial charge on any atom is -0.504 e. The van der Waals surface area contributed by atoms with E-state index in [1.54, 1.807) is 12.1 Å². The molecule has 1 fully saturated rings. The molecule has 6 nitrogen and oxygen atoms in total. The molecule has 0 spiro atoms. The molecule has 1 amide bonds. The number of hydrogen-bond donors (Lipinski definition) is 3. The number of nitrogens with one attached hydrogen (secondary N) is 1. The van der Waals surface area contributed by atoms with Gasteiger partial charge in [0.2, 0.25) is 5.91 Å². The van der Waals surface area contributed by atoms with E-state index in [9.17, 15) is 19.8 Å². The Morgan fingerprint density at radius 2 is 1.90 bits per heavy atom. The summed E-state index contributed by atoms with van der Waals surface area (Å²) in [6.45, 7) is 0. The van der Waals surface area contributed by atoms with Crippen LogP contribution < -0.4 is 10.1 Å². The molecule has 0 radical (unpaired) electrons. The molecule has 2 unspecified atom stereocenters. The third-order valence-electron chi connectivity index (χ3n) is 3.87. The van der Waals surface area contributed by atoms with Crippen molar-refractivity contribution in [2.75, 3.05) is 12.4 Å². The molecule has 1 saturated carbocycles. The van der Waals surface area contributed by atoms with Crippen LogP contribution >= 0.6 is 0 Å². The number of hydrogen-bond acceptors (Lipinski definition) is 4. The first kappa shape index (κ1) is 15.2. The van der Waals surface area contributed by atoms with Gasteiger partial charge in [0, 0.05) is 11.8 Å². The maximum Gasteiger partial charge on any atom is 0.307 e. The van der Waals surface area contributed by atoms with Crippen LogP contribution in [0.3, 0.4) is 0 Å². The highest BCUT2D eigenvalue weighted by Crippen LogP contribution is 2.33. The number of benzene rings is 1. The van der Waals surface area contributed by atoms with Crippen LogP contribution in [0.4, 0.5) is 5.69 Å². The lowest BCUT2D eigenvalue weighted by Gasteiger charge is -2.27. The minimum atomic E-state index is -0.924. The second-order valence-corrected chi connectivity index (χ2v) is 5.21. The predicted octanol–water partition coefficient (Wildman–Crippen LogP) is 2.23. The smallest absolute Gasteiger partial charge is 0.307 e. The Labute approximate surface area is 122 Å². The van der Waals surface area contributed by atoms with Gasteiger partial charge < -0.3 is 20.3 Å². The van der Waals surface area contributed by atoms with Gasteiger partial charge in [0.05, 0.1) is 18.9 Å². The molecule has 1 aromatic rings. The average molecular weight is 293 g/mol. The van der Waals surface area contributed by atoms with Gasteiger partial charge in [0.1, 0.15) is 0 Å². The van der Waals surface area contributed by atoms with Crippen LogP contribution in [0.1, 0.15) is 25.7 Å². The summed E-state index contributed by atoms with van der Waals surface area (Å²) in [6.07, 6.45) is 2.80. The Morgan fingerprint density at radius 3 is 2.48 bits per heavy atom. The topological polar surface area (TPSA) is 95.9 Å². The second-order valence-electron chi connectivity index (χ2n) is 5.21. The van der Waals surface area contributed by atoms with E-state index >= 15 is 0 Å². The van der Waals surface area contributed by atoms with Gasteiger partial charge in [0.25, 0.3) is 0 Å². The summed E-state index contributed by atoms with van der Waals surface area (Å²) in [5, 5.41) is 21.6. The number of phenols is 1. The van der Waals surface area contributed by atoms with Crippen LogP contribution in [0, 0.1) is 11.8 Å². The SMILES string of the molecule is COc1ccc(NC(=O)C2CCCCC2C(=O)O)cc1O. The molecule has 0 aromatic heterocycles. The van der Waals surface area contributed by atoms with Gasteiger partial charge in [-0.3, -0.25) is 9.59 Å². The van der Waals surface area contributed by atoms with E-state index in [2.05, 4.69) is 5.32 Å². The molecule has 0 bridgehead atoms. The predicted molar refractivity (Wildman–Crippen MR) is 76.4 cm³/mol. The molecule has 0 aliphatic heterocycles. The summed E-state index contributed by atoms with van der Waals surface area (Å²) in [5.74, 6) is -2.16. The van der Waals surface area contributed by atoms with Gasteiger partial charge in [-0.2, -0.15) is 0 Å². The molecule has 2 atom stereocenters. The number of carboxylic acid groups (broad SMARTS) is 1. The highest BCUT2D eigenvalue weighted by molar-refractivity contribution is 5.95. The Kier molecular flexibility index (Phi) is 4.67. The van der Waals surface area contributed by atoms with Gasteiger partial charge in [-0.15, -0.1) is 0 Å². The fourth-order valence-corrected chi connectivity index (χ4v) is 2.74. The Balaban J connectivity index is 2.09. The van der Waals surface area contributed by atoms with Crippen LogP contribution in [0.2, 0.25) is 0 Å². The standard InChI is InChI=1S/C15H19NO5/c1-21-13-7-6-9(8-12(13)17)16-14(18)10-4-2-3-5-11(10)15(19)20/h6-8,10-11,17H,2-5H2,1H3,(H,16,18)(H,19,20). The van der Waals surface area contributed by atoms with Crippen LogP contribution in [0.15, 0.2) is 18.2 Å². The van der Waals surface area contributed by atoms with Crippen LogP contribution in [-0.2, 0) is 9.59 Å². The van der Waals surface area contributed by atoms with Crippen molar-refractivity contribution >= 4 is 17.6 Å². The summed E-state index contributed by atoms with van der Waals surface area (Å²) < 4.78 is 4.93. The zero-order valence-corrected chi connectivity index (χ0v) is 11.8. The molecular weight excluding hydrogens is 274 g/mol. The number of amides is 1. The number of aromatic hydroxyl groups is 1. The van der Waals surface area contributed by atoms with Gasteiger partial charge in [-0.25, -0.2) is 0 Å². The summed E-state index contributed by atoms with van der Waals surface area (Å²) in [7, 11) is 1.44. The average Bonchev–Trinajstić information content (AvgIpc) is 2.47. The summed E-state index contributed by atoms with van der Waals surface area (Å²) in [4.78, 5) is 23.5. The van der Waals surface area contributed by atoms with Crippen molar-refractivity contribution in [3.63, 3.8) is 0 Å². The monoisotopic (exact) mass is 293 g/mol. The fraction of sp³-hybridized carbons (Fsp3) is 0.467. The Morgan fingerprint density at radius 1 is 1.24 bits per heavy atom. The number of anilines is 1. The molecular formula is C15H19NO5. The molecule has 1 aliphatic rings. The van der Waals surface area contributed by atoms with Crippen molar-refractivity contribution in [2.45, 2.75) is 25.7 Å². The number of rotatable bonds is 4. The molecule has 0 heterocycles. The third kappa shape index (κ3) is 3.45. The van der Waals surface area contributed by atoms with E-state index in [-0.39, 0.29) is 11.7 Å². The highest BCUT2D eigenvalue weighted by Gasteiger charge is 2.35. The molecule has 1 aliphatic carbocycles. The lowest BCUT2D eigenvalue weighted by atomic mass is 9.78. The largest absolute Gasteiger partial charge is 0.504 e. The van der Waals surface area contributed by atoms with E-state index < -0.39 is 17.8 Å². The summed E-state index contributed by atoms with van der Waals surface area (Å²) in [6, 6.07) is 4.53. The van der Waals surface area contributed by atoms with E-state index in [0.29, 0.717) is 24.3 Å². The van der Waals surface area contributed by atoms with Crippen molar-refractivity contribution in [3.8, 4) is 11.5 Å². The molecule has 2 rings (SSSR count). The van der Waals surface area contributed by atoms with Crippen molar-refractivity contribution in [1.82, 2.24) is 0 Å². The number of carbonyl (C=O) groups is 2.